The van der Waals surface area contributed by atoms with Gasteiger partial charge in [-0.3, -0.25) is 0 Å². The Balaban J connectivity index is 3.09. The molecule has 19 heavy (non-hydrogen) atoms. The standard InChI is InChI=1S/C12H7F3N4/c13-12(14,15)9-3-1-2-8(4-9)7-19-11(6-17)10(18)5-16/h1-4,7H,18H2. The third-order valence-electron chi connectivity index (χ3n) is 2.04. The first-order chi connectivity index (χ1) is 8.88. The molecule has 0 heterocycles. The van der Waals surface area contributed by atoms with E-state index in [4.69, 9.17) is 16.3 Å². The fourth-order valence-corrected chi connectivity index (χ4v) is 1.15. The zero-order valence-corrected chi connectivity index (χ0v) is 9.44. The van der Waals surface area contributed by atoms with Gasteiger partial charge in [0.05, 0.1) is 5.56 Å². The molecule has 0 fully saturated rings. The summed E-state index contributed by atoms with van der Waals surface area (Å²) < 4.78 is 37.3. The number of allylic oxidation sites excluding steroid dienone is 2. The van der Waals surface area contributed by atoms with Crippen LogP contribution in [-0.4, -0.2) is 6.21 Å². The lowest BCUT2D eigenvalue weighted by Gasteiger charge is -2.06. The molecule has 0 aromatic heterocycles. The van der Waals surface area contributed by atoms with Crippen molar-refractivity contribution in [1.82, 2.24) is 0 Å². The second-order valence-electron chi connectivity index (χ2n) is 3.37. The van der Waals surface area contributed by atoms with E-state index in [1.54, 1.807) is 6.07 Å². The van der Waals surface area contributed by atoms with Crippen LogP contribution in [0.2, 0.25) is 0 Å². The van der Waals surface area contributed by atoms with Gasteiger partial charge >= 0.3 is 6.18 Å². The van der Waals surface area contributed by atoms with Gasteiger partial charge in [-0.1, -0.05) is 12.1 Å². The molecule has 0 radical (unpaired) electrons. The molecule has 0 bridgehead atoms. The lowest BCUT2D eigenvalue weighted by molar-refractivity contribution is -0.137. The molecule has 96 valence electrons. The quantitative estimate of drug-likeness (QED) is 0.657. The normalized spacial score (nSPS) is 12.7. The maximum absolute atomic E-state index is 12.4. The van der Waals surface area contributed by atoms with E-state index in [0.717, 1.165) is 18.3 Å². The van der Waals surface area contributed by atoms with E-state index >= 15 is 0 Å². The second-order valence-corrected chi connectivity index (χ2v) is 3.37. The topological polar surface area (TPSA) is 86.0 Å². The van der Waals surface area contributed by atoms with Crippen molar-refractivity contribution >= 4 is 6.21 Å². The molecule has 0 unspecified atom stereocenters. The van der Waals surface area contributed by atoms with Crippen molar-refractivity contribution in [2.45, 2.75) is 6.18 Å². The average molecular weight is 264 g/mol. The van der Waals surface area contributed by atoms with Crippen molar-refractivity contribution in [2.75, 3.05) is 0 Å². The largest absolute Gasteiger partial charge is 0.416 e. The Bertz CT molecular complexity index is 615. The summed E-state index contributed by atoms with van der Waals surface area (Å²) >= 11 is 0. The molecular formula is C12H7F3N4. The molecule has 2 N–H and O–H groups in total. The van der Waals surface area contributed by atoms with Crippen LogP contribution in [0.3, 0.4) is 0 Å². The van der Waals surface area contributed by atoms with Crippen molar-refractivity contribution in [3.63, 3.8) is 0 Å². The smallest absolute Gasteiger partial charge is 0.388 e. The number of benzene rings is 1. The van der Waals surface area contributed by atoms with Gasteiger partial charge in [0.1, 0.15) is 17.8 Å². The summed E-state index contributed by atoms with van der Waals surface area (Å²) in [5.74, 6) is 0. The zero-order chi connectivity index (χ0) is 14.5. The minimum absolute atomic E-state index is 0.147. The zero-order valence-electron chi connectivity index (χ0n) is 9.44. The van der Waals surface area contributed by atoms with E-state index in [1.807, 2.05) is 0 Å². The Hall–Kier alpha value is -2.80. The van der Waals surface area contributed by atoms with Gasteiger partial charge in [-0.2, -0.15) is 23.7 Å². The van der Waals surface area contributed by atoms with Gasteiger partial charge in [0, 0.05) is 6.21 Å². The number of hydrogen-bond donors (Lipinski definition) is 1. The molecular weight excluding hydrogens is 257 g/mol. The summed E-state index contributed by atoms with van der Waals surface area (Å²) in [6, 6.07) is 7.50. The number of nitrogens with zero attached hydrogens (tertiary/aromatic N) is 3. The molecule has 1 rings (SSSR count). The van der Waals surface area contributed by atoms with Crippen molar-refractivity contribution in [3.05, 3.63) is 46.8 Å². The molecule has 0 saturated carbocycles. The number of nitrogens with two attached hydrogens (primary N) is 1. The van der Waals surface area contributed by atoms with Crippen LogP contribution in [0, 0.1) is 22.7 Å². The molecule has 0 atom stereocenters. The minimum Gasteiger partial charge on any atom is -0.388 e. The maximum atomic E-state index is 12.4. The SMILES string of the molecule is N#CC(N)=C(C#N)N=Cc1cccc(C(F)(F)F)c1. The molecule has 0 amide bonds. The number of nitriles is 2. The summed E-state index contributed by atoms with van der Waals surface area (Å²) in [4.78, 5) is 3.59. The molecule has 1 aromatic rings. The fraction of sp³-hybridized carbons (Fsp3) is 0.0833. The molecule has 1 aromatic carbocycles. The van der Waals surface area contributed by atoms with E-state index in [9.17, 15) is 13.2 Å². The Kier molecular flexibility index (Phi) is 4.27. The van der Waals surface area contributed by atoms with Gasteiger partial charge in [-0.25, -0.2) is 4.99 Å². The Morgan fingerprint density at radius 3 is 2.47 bits per heavy atom. The summed E-state index contributed by atoms with van der Waals surface area (Å²) in [6.45, 7) is 0. The first-order valence-electron chi connectivity index (χ1n) is 4.89. The van der Waals surface area contributed by atoms with E-state index < -0.39 is 17.4 Å². The van der Waals surface area contributed by atoms with Crippen LogP contribution in [0.25, 0.3) is 0 Å². The summed E-state index contributed by atoms with van der Waals surface area (Å²) in [6.07, 6.45) is -3.42. The summed E-state index contributed by atoms with van der Waals surface area (Å²) in [5.41, 5.74) is 3.77. The number of rotatable bonds is 2. The average Bonchev–Trinajstić information content (AvgIpc) is 2.38. The molecule has 7 heteroatoms. The second kappa shape index (κ2) is 5.69. The first-order valence-corrected chi connectivity index (χ1v) is 4.89. The third kappa shape index (κ3) is 3.86. The van der Waals surface area contributed by atoms with Crippen molar-refractivity contribution in [2.24, 2.45) is 10.7 Å². The number of alkyl halides is 3. The lowest BCUT2D eigenvalue weighted by atomic mass is 10.1. The summed E-state index contributed by atoms with van der Waals surface area (Å²) in [5, 5.41) is 17.1. The predicted molar refractivity (Wildman–Crippen MR) is 61.5 cm³/mol. The van der Waals surface area contributed by atoms with Gasteiger partial charge in [-0.05, 0) is 17.7 Å². The molecule has 0 saturated heterocycles. The molecule has 0 aliphatic rings. The fourth-order valence-electron chi connectivity index (χ4n) is 1.15. The Morgan fingerprint density at radius 2 is 1.95 bits per heavy atom. The van der Waals surface area contributed by atoms with Crippen LogP contribution < -0.4 is 5.73 Å². The van der Waals surface area contributed by atoms with Crippen LogP contribution in [0.1, 0.15) is 11.1 Å². The van der Waals surface area contributed by atoms with E-state index in [2.05, 4.69) is 4.99 Å². The van der Waals surface area contributed by atoms with Gasteiger partial charge in [0.15, 0.2) is 5.70 Å². The van der Waals surface area contributed by atoms with Crippen molar-refractivity contribution in [3.8, 4) is 12.1 Å². The number of hydrogen-bond acceptors (Lipinski definition) is 4. The van der Waals surface area contributed by atoms with Crippen LogP contribution in [0.5, 0.6) is 0 Å². The Morgan fingerprint density at radius 1 is 1.26 bits per heavy atom. The van der Waals surface area contributed by atoms with Crippen molar-refractivity contribution in [1.29, 1.82) is 10.5 Å². The van der Waals surface area contributed by atoms with E-state index in [-0.39, 0.29) is 11.3 Å². The van der Waals surface area contributed by atoms with E-state index in [0.29, 0.717) is 0 Å². The lowest BCUT2D eigenvalue weighted by Crippen LogP contribution is -2.05. The molecule has 0 spiro atoms. The van der Waals surface area contributed by atoms with Crippen LogP contribution in [0.4, 0.5) is 13.2 Å². The summed E-state index contributed by atoms with van der Waals surface area (Å²) in [7, 11) is 0. The van der Waals surface area contributed by atoms with Crippen LogP contribution in [-0.2, 0) is 6.18 Å². The number of aliphatic imine (C=N–C) groups is 1. The molecule has 4 nitrogen and oxygen atoms in total. The van der Waals surface area contributed by atoms with Gasteiger partial charge in [0.25, 0.3) is 0 Å². The van der Waals surface area contributed by atoms with Gasteiger partial charge < -0.3 is 5.73 Å². The Labute approximate surface area is 106 Å². The van der Waals surface area contributed by atoms with Crippen LogP contribution >= 0.6 is 0 Å². The highest BCUT2D eigenvalue weighted by molar-refractivity contribution is 5.81. The van der Waals surface area contributed by atoms with Gasteiger partial charge in [0.2, 0.25) is 0 Å². The highest BCUT2D eigenvalue weighted by atomic mass is 19.4. The highest BCUT2D eigenvalue weighted by Gasteiger charge is 2.30. The van der Waals surface area contributed by atoms with Gasteiger partial charge in [-0.15, -0.1) is 0 Å². The monoisotopic (exact) mass is 264 g/mol. The third-order valence-corrected chi connectivity index (χ3v) is 2.04. The van der Waals surface area contributed by atoms with Crippen molar-refractivity contribution < 1.29 is 13.2 Å². The first kappa shape index (κ1) is 14.3. The van der Waals surface area contributed by atoms with E-state index in [1.165, 1.54) is 18.2 Å². The molecule has 0 aliphatic carbocycles. The van der Waals surface area contributed by atoms with Crippen LogP contribution in [0.15, 0.2) is 40.7 Å². The maximum Gasteiger partial charge on any atom is 0.416 e. The predicted octanol–water partition coefficient (Wildman–Crippen LogP) is 2.34. The molecule has 0 aliphatic heterocycles. The minimum atomic E-state index is -4.45. The highest BCUT2D eigenvalue weighted by Crippen LogP contribution is 2.29. The number of halogens is 3.